The maximum absolute atomic E-state index is 6.40. The van der Waals surface area contributed by atoms with Crippen LogP contribution in [0.2, 0.25) is 0 Å². The fraction of sp³-hybridized carbons (Fsp3) is 0.913. The van der Waals surface area contributed by atoms with Gasteiger partial charge in [0.2, 0.25) is 0 Å². The number of rotatable bonds is 2. The van der Waals surface area contributed by atoms with Crippen LogP contribution in [0.4, 0.5) is 0 Å². The lowest BCUT2D eigenvalue weighted by Crippen LogP contribution is -2.53. The fourth-order valence-electron chi connectivity index (χ4n) is 7.66. The van der Waals surface area contributed by atoms with Gasteiger partial charge in [0.15, 0.2) is 0 Å². The van der Waals surface area contributed by atoms with Gasteiger partial charge in [-0.25, -0.2) is 0 Å². The first-order chi connectivity index (χ1) is 11.3. The molecule has 0 heterocycles. The van der Waals surface area contributed by atoms with Crippen LogP contribution in [0.5, 0.6) is 0 Å². The van der Waals surface area contributed by atoms with Gasteiger partial charge in [-0.15, -0.1) is 0 Å². The van der Waals surface area contributed by atoms with E-state index in [1.807, 2.05) is 0 Å². The summed E-state index contributed by atoms with van der Waals surface area (Å²) < 4.78 is 6.40. The lowest BCUT2D eigenvalue weighted by Gasteiger charge is -2.60. The molecule has 7 atom stereocenters. The maximum atomic E-state index is 6.40. The van der Waals surface area contributed by atoms with Crippen molar-refractivity contribution in [2.75, 3.05) is 0 Å². The smallest absolute Gasteiger partial charge is 0.0635 e. The van der Waals surface area contributed by atoms with Crippen LogP contribution in [0, 0.1) is 34.5 Å². The molecule has 4 rings (SSSR count). The zero-order valence-corrected chi connectivity index (χ0v) is 16.4. The average Bonchev–Trinajstić information content (AvgIpc) is 2.84. The first-order valence-corrected chi connectivity index (χ1v) is 10.7. The Morgan fingerprint density at radius 2 is 1.71 bits per heavy atom. The number of hydrogen-bond acceptors (Lipinski definition) is 1. The molecule has 136 valence electrons. The van der Waals surface area contributed by atoms with Crippen molar-refractivity contribution in [1.29, 1.82) is 0 Å². The van der Waals surface area contributed by atoms with Crippen molar-refractivity contribution < 1.29 is 4.74 Å². The highest BCUT2D eigenvalue weighted by Crippen LogP contribution is 2.66. The summed E-state index contributed by atoms with van der Waals surface area (Å²) in [6.07, 6.45) is 13.4. The second kappa shape index (κ2) is 5.86. The largest absolute Gasteiger partial charge is 0.375 e. The Morgan fingerprint density at radius 1 is 0.958 bits per heavy atom. The van der Waals surface area contributed by atoms with Crippen LogP contribution in [-0.4, -0.2) is 12.2 Å². The van der Waals surface area contributed by atoms with Gasteiger partial charge in [0, 0.05) is 0 Å². The summed E-state index contributed by atoms with van der Waals surface area (Å²) >= 11 is 0. The topological polar surface area (TPSA) is 9.23 Å². The molecule has 24 heavy (non-hydrogen) atoms. The molecular weight excluding hydrogens is 292 g/mol. The molecule has 0 radical (unpaired) electrons. The second-order valence-electron chi connectivity index (χ2n) is 10.4. The van der Waals surface area contributed by atoms with Gasteiger partial charge in [0.1, 0.15) is 0 Å². The molecule has 0 aromatic carbocycles. The van der Waals surface area contributed by atoms with E-state index < -0.39 is 0 Å². The quantitative estimate of drug-likeness (QED) is 0.534. The number of allylic oxidation sites excluding steroid dienone is 1. The highest BCUT2D eigenvalue weighted by molar-refractivity contribution is 5.13. The van der Waals surface area contributed by atoms with Gasteiger partial charge in [-0.3, -0.25) is 0 Å². The van der Waals surface area contributed by atoms with Gasteiger partial charge in [-0.1, -0.05) is 26.0 Å². The van der Waals surface area contributed by atoms with Crippen molar-refractivity contribution in [2.24, 2.45) is 34.5 Å². The minimum atomic E-state index is 0.376. The van der Waals surface area contributed by atoms with Crippen LogP contribution in [-0.2, 0) is 4.74 Å². The number of hydrogen-bond donors (Lipinski definition) is 0. The lowest BCUT2D eigenvalue weighted by molar-refractivity contribution is -0.134. The molecule has 0 bridgehead atoms. The van der Waals surface area contributed by atoms with Gasteiger partial charge < -0.3 is 4.74 Å². The van der Waals surface area contributed by atoms with E-state index in [4.69, 9.17) is 4.74 Å². The molecule has 4 aliphatic carbocycles. The minimum absolute atomic E-state index is 0.376. The third-order valence-electron chi connectivity index (χ3n) is 8.97. The molecule has 0 aromatic heterocycles. The summed E-state index contributed by atoms with van der Waals surface area (Å²) in [5.41, 5.74) is 2.58. The Labute approximate surface area is 149 Å². The van der Waals surface area contributed by atoms with Crippen LogP contribution in [0.1, 0.15) is 85.5 Å². The lowest BCUT2D eigenvalue weighted by atomic mass is 9.45. The van der Waals surface area contributed by atoms with Gasteiger partial charge >= 0.3 is 0 Å². The van der Waals surface area contributed by atoms with Crippen LogP contribution < -0.4 is 0 Å². The Hall–Kier alpha value is -0.300. The van der Waals surface area contributed by atoms with E-state index in [2.05, 4.69) is 34.3 Å². The molecule has 4 aliphatic rings. The Morgan fingerprint density at radius 3 is 2.46 bits per heavy atom. The maximum Gasteiger partial charge on any atom is 0.0635 e. The Balaban J connectivity index is 1.57. The molecule has 1 unspecified atom stereocenters. The van der Waals surface area contributed by atoms with E-state index in [1.54, 1.807) is 0 Å². The van der Waals surface area contributed by atoms with E-state index in [1.165, 1.54) is 63.4 Å². The zero-order chi connectivity index (χ0) is 17.1. The summed E-state index contributed by atoms with van der Waals surface area (Å²) in [7, 11) is 0. The number of fused-ring (bicyclic) bond motifs is 5. The summed E-state index contributed by atoms with van der Waals surface area (Å²) in [5, 5.41) is 0. The van der Waals surface area contributed by atoms with Gasteiger partial charge in [0.05, 0.1) is 12.2 Å². The monoisotopic (exact) mass is 330 g/mol. The van der Waals surface area contributed by atoms with E-state index >= 15 is 0 Å². The first-order valence-electron chi connectivity index (χ1n) is 10.7. The third kappa shape index (κ3) is 2.44. The van der Waals surface area contributed by atoms with Crippen LogP contribution in [0.3, 0.4) is 0 Å². The molecule has 4 fully saturated rings. The number of ether oxygens (including phenoxy) is 1. The molecule has 0 amide bonds. The molecule has 1 nitrogen and oxygen atoms in total. The molecule has 0 N–H and O–H groups in total. The highest BCUT2D eigenvalue weighted by atomic mass is 16.5. The molecule has 0 spiro atoms. The molecular formula is C23H38O. The predicted octanol–water partition coefficient (Wildman–Crippen LogP) is 6.38. The van der Waals surface area contributed by atoms with Crippen molar-refractivity contribution in [3.63, 3.8) is 0 Å². The summed E-state index contributed by atoms with van der Waals surface area (Å²) in [6.45, 7) is 14.0. The van der Waals surface area contributed by atoms with Gasteiger partial charge in [0.25, 0.3) is 0 Å². The van der Waals surface area contributed by atoms with Gasteiger partial charge in [-0.2, -0.15) is 0 Å². The summed E-state index contributed by atoms with van der Waals surface area (Å²) in [6, 6.07) is 0. The van der Waals surface area contributed by atoms with Gasteiger partial charge in [-0.05, 0) is 106 Å². The van der Waals surface area contributed by atoms with Crippen molar-refractivity contribution >= 4 is 0 Å². The molecule has 0 aliphatic heterocycles. The van der Waals surface area contributed by atoms with Crippen molar-refractivity contribution in [2.45, 2.75) is 97.7 Å². The zero-order valence-electron chi connectivity index (χ0n) is 16.4. The predicted molar refractivity (Wildman–Crippen MR) is 101 cm³/mol. The molecule has 0 aromatic rings. The fourth-order valence-corrected chi connectivity index (χ4v) is 7.66. The average molecular weight is 331 g/mol. The van der Waals surface area contributed by atoms with Crippen LogP contribution >= 0.6 is 0 Å². The second-order valence-corrected chi connectivity index (χ2v) is 10.4. The third-order valence-corrected chi connectivity index (χ3v) is 8.97. The Kier molecular flexibility index (Phi) is 4.18. The minimum Gasteiger partial charge on any atom is -0.375 e. The molecule has 1 heteroatoms. The van der Waals surface area contributed by atoms with Crippen molar-refractivity contribution in [3.8, 4) is 0 Å². The Bertz CT molecular complexity index is 508. The first kappa shape index (κ1) is 17.1. The van der Waals surface area contributed by atoms with E-state index in [9.17, 15) is 0 Å². The summed E-state index contributed by atoms with van der Waals surface area (Å²) in [5.74, 6) is 3.79. The van der Waals surface area contributed by atoms with Crippen molar-refractivity contribution in [1.82, 2.24) is 0 Å². The van der Waals surface area contributed by atoms with Crippen LogP contribution in [0.15, 0.2) is 12.2 Å². The standard InChI is InChI=1S/C23H38O/c1-15(2)24-21-9-8-19-18-7-6-17-14-16(3)10-12-22(17,4)20(18)11-13-23(19,21)5/h15,17-21H,3,6-14H2,1-2,4-5H3/t17-,18-,19-,20?,21-,22-,23-/m0/s1. The van der Waals surface area contributed by atoms with E-state index in [0.29, 0.717) is 23.0 Å². The summed E-state index contributed by atoms with van der Waals surface area (Å²) in [4.78, 5) is 0. The van der Waals surface area contributed by atoms with E-state index in [-0.39, 0.29) is 0 Å². The highest BCUT2D eigenvalue weighted by Gasteiger charge is 2.60. The van der Waals surface area contributed by atoms with Crippen molar-refractivity contribution in [3.05, 3.63) is 12.2 Å². The molecule has 0 saturated heterocycles. The molecule has 4 saturated carbocycles. The SMILES string of the molecule is C=C1CC[C@]2(C)C3CC[C@]4(C)[C@@H](OC(C)C)CC[C@H]4[C@@H]3CC[C@H]2C1. The normalized spacial score (nSPS) is 51.2. The van der Waals surface area contributed by atoms with Crippen LogP contribution in [0.25, 0.3) is 0 Å². The van der Waals surface area contributed by atoms with E-state index in [0.717, 1.165) is 23.7 Å².